The van der Waals surface area contributed by atoms with E-state index in [1.165, 1.54) is 18.1 Å². The lowest BCUT2D eigenvalue weighted by Gasteiger charge is -2.38. The van der Waals surface area contributed by atoms with Crippen LogP contribution in [0.3, 0.4) is 0 Å². The summed E-state index contributed by atoms with van der Waals surface area (Å²) in [5.41, 5.74) is 10.0. The van der Waals surface area contributed by atoms with Gasteiger partial charge in [0.25, 0.3) is 5.91 Å². The van der Waals surface area contributed by atoms with E-state index >= 15 is 0 Å². The lowest BCUT2D eigenvalue weighted by molar-refractivity contribution is -0.0152. The molecule has 0 unspecified atom stereocenters. The van der Waals surface area contributed by atoms with Crippen LogP contribution in [0.5, 0.6) is 0 Å². The lowest BCUT2D eigenvalue weighted by Crippen LogP contribution is -2.47. The van der Waals surface area contributed by atoms with Crippen molar-refractivity contribution in [2.45, 2.75) is 36.7 Å². The van der Waals surface area contributed by atoms with Crippen molar-refractivity contribution >= 4 is 51.3 Å². The molecule has 0 spiro atoms. The molecule has 2 heterocycles. The number of thiazole rings is 1. The second-order valence-electron chi connectivity index (χ2n) is 8.30. The van der Waals surface area contributed by atoms with Crippen molar-refractivity contribution in [3.05, 3.63) is 65.3 Å². The molecule has 0 bridgehead atoms. The minimum atomic E-state index is -0.868. The number of aliphatic imine (C=N–C) groups is 1. The molecule has 1 amide bonds. The third-order valence-corrected chi connectivity index (χ3v) is 7.58. The second kappa shape index (κ2) is 11.0. The number of benzene rings is 2. The van der Waals surface area contributed by atoms with E-state index in [1.54, 1.807) is 22.5 Å². The van der Waals surface area contributed by atoms with Crippen LogP contribution in [-0.2, 0) is 0 Å². The van der Waals surface area contributed by atoms with Crippen molar-refractivity contribution < 1.29 is 9.90 Å². The van der Waals surface area contributed by atoms with Crippen LogP contribution >= 0.6 is 23.3 Å². The summed E-state index contributed by atoms with van der Waals surface area (Å²) in [4.78, 5) is 24.5. The van der Waals surface area contributed by atoms with Crippen LogP contribution in [0.1, 0.15) is 36.5 Å². The lowest BCUT2D eigenvalue weighted by atomic mass is 9.85. The Morgan fingerprint density at radius 3 is 2.76 bits per heavy atom. The fraction of sp³-hybridized carbons (Fsp3) is 0.320. The predicted octanol–water partition coefficient (Wildman–Crippen LogP) is 4.71. The summed E-state index contributed by atoms with van der Waals surface area (Å²) in [7, 11) is 0. The zero-order valence-corrected chi connectivity index (χ0v) is 20.7. The summed E-state index contributed by atoms with van der Waals surface area (Å²) in [6.07, 6.45) is 4.69. The predicted molar refractivity (Wildman–Crippen MR) is 142 cm³/mol. The van der Waals surface area contributed by atoms with E-state index in [2.05, 4.69) is 20.8 Å². The van der Waals surface area contributed by atoms with Crippen LogP contribution in [-0.4, -0.2) is 52.3 Å². The Bertz CT molecular complexity index is 1180. The Hall–Kier alpha value is -2.88. The van der Waals surface area contributed by atoms with Crippen molar-refractivity contribution in [3.63, 3.8) is 0 Å². The number of rotatable bonds is 8. The molecule has 3 aromatic rings. The minimum Gasteiger partial charge on any atom is -0.404 e. The number of nitrogens with one attached hydrogen (secondary N) is 1. The monoisotopic (exact) mass is 495 g/mol. The smallest absolute Gasteiger partial charge is 0.253 e. The van der Waals surface area contributed by atoms with Gasteiger partial charge in [-0.2, -0.15) is 0 Å². The third kappa shape index (κ3) is 5.78. The van der Waals surface area contributed by atoms with Crippen molar-refractivity contribution in [2.75, 3.05) is 24.4 Å². The Balaban J connectivity index is 1.31. The zero-order chi connectivity index (χ0) is 24.0. The van der Waals surface area contributed by atoms with Gasteiger partial charge in [-0.05, 0) is 79.9 Å². The largest absolute Gasteiger partial charge is 0.404 e. The molecule has 0 saturated carbocycles. The van der Waals surface area contributed by atoms with Gasteiger partial charge in [-0.15, -0.1) is 11.3 Å². The van der Waals surface area contributed by atoms with E-state index in [-0.39, 0.29) is 5.91 Å². The SMILES string of the molecule is CCN=CC(=CN)CC1(O)CCN(C(=O)c2ccc(NSc3cccc4scnc34)cc2)CC1. The highest BCUT2D eigenvalue weighted by Crippen LogP contribution is 2.31. The van der Waals surface area contributed by atoms with Crippen molar-refractivity contribution in [1.82, 2.24) is 9.88 Å². The molecule has 0 aliphatic carbocycles. The van der Waals surface area contributed by atoms with E-state index in [0.29, 0.717) is 44.5 Å². The molecule has 1 aliphatic heterocycles. The highest BCUT2D eigenvalue weighted by molar-refractivity contribution is 8.00. The quantitative estimate of drug-likeness (QED) is 0.309. The summed E-state index contributed by atoms with van der Waals surface area (Å²) >= 11 is 3.13. The summed E-state index contributed by atoms with van der Waals surface area (Å²) in [5, 5.41) is 11.0. The van der Waals surface area contributed by atoms with Gasteiger partial charge >= 0.3 is 0 Å². The van der Waals surface area contributed by atoms with E-state index in [4.69, 9.17) is 5.73 Å². The summed E-state index contributed by atoms with van der Waals surface area (Å²) < 4.78 is 4.49. The average Bonchev–Trinajstić information content (AvgIpc) is 3.35. The van der Waals surface area contributed by atoms with Crippen LogP contribution in [0.15, 0.2) is 69.6 Å². The summed E-state index contributed by atoms with van der Waals surface area (Å²) in [6.45, 7) is 3.64. The minimum absolute atomic E-state index is 0.0179. The Labute approximate surface area is 207 Å². The number of hydrogen-bond donors (Lipinski definition) is 3. The number of piperidine rings is 1. The molecular formula is C25H29N5O2S2. The number of likely N-dealkylation sites (tertiary alicyclic amines) is 1. The van der Waals surface area contributed by atoms with Gasteiger partial charge in [-0.3, -0.25) is 9.79 Å². The van der Waals surface area contributed by atoms with E-state index in [9.17, 15) is 9.90 Å². The van der Waals surface area contributed by atoms with Gasteiger partial charge in [0.1, 0.15) is 0 Å². The first-order chi connectivity index (χ1) is 16.5. The molecule has 0 radical (unpaired) electrons. The molecule has 1 aromatic heterocycles. The number of carbonyl (C=O) groups is 1. The summed E-state index contributed by atoms with van der Waals surface area (Å²) in [6, 6.07) is 13.6. The van der Waals surface area contributed by atoms with Crippen molar-refractivity contribution in [1.29, 1.82) is 0 Å². The number of amides is 1. The average molecular weight is 496 g/mol. The fourth-order valence-corrected chi connectivity index (χ4v) is 5.50. The number of nitrogens with two attached hydrogens (primary N) is 1. The fourth-order valence-electron chi connectivity index (χ4n) is 3.96. The maximum Gasteiger partial charge on any atom is 0.253 e. The van der Waals surface area contributed by atoms with Gasteiger partial charge in [-0.1, -0.05) is 6.07 Å². The molecule has 2 aromatic carbocycles. The first-order valence-corrected chi connectivity index (χ1v) is 13.0. The molecule has 1 saturated heterocycles. The van der Waals surface area contributed by atoms with E-state index in [0.717, 1.165) is 26.4 Å². The van der Waals surface area contributed by atoms with Crippen LogP contribution in [0.4, 0.5) is 5.69 Å². The Morgan fingerprint density at radius 1 is 1.29 bits per heavy atom. The van der Waals surface area contributed by atoms with Crippen LogP contribution in [0, 0.1) is 0 Å². The summed E-state index contributed by atoms with van der Waals surface area (Å²) in [5.74, 6) is -0.0179. The normalized spacial score (nSPS) is 16.3. The first-order valence-electron chi connectivity index (χ1n) is 11.3. The zero-order valence-electron chi connectivity index (χ0n) is 19.1. The molecule has 7 nitrogen and oxygen atoms in total. The van der Waals surface area contributed by atoms with E-state index in [1.807, 2.05) is 48.8 Å². The highest BCUT2D eigenvalue weighted by atomic mass is 32.2. The highest BCUT2D eigenvalue weighted by Gasteiger charge is 2.34. The Kier molecular flexibility index (Phi) is 7.87. The topological polar surface area (TPSA) is 104 Å². The maximum atomic E-state index is 13.0. The van der Waals surface area contributed by atoms with Crippen LogP contribution in [0.25, 0.3) is 10.2 Å². The van der Waals surface area contributed by atoms with Gasteiger partial charge in [0.05, 0.1) is 26.2 Å². The molecule has 1 aliphatic rings. The Morgan fingerprint density at radius 2 is 2.06 bits per heavy atom. The molecule has 4 rings (SSSR count). The number of hydrogen-bond acceptors (Lipinski definition) is 8. The van der Waals surface area contributed by atoms with Gasteiger partial charge in [0, 0.05) is 43.5 Å². The maximum absolute atomic E-state index is 13.0. The van der Waals surface area contributed by atoms with E-state index < -0.39 is 5.60 Å². The van der Waals surface area contributed by atoms with Crippen LogP contribution in [0.2, 0.25) is 0 Å². The first kappa shape index (κ1) is 24.3. The van der Waals surface area contributed by atoms with Gasteiger partial charge in [-0.25, -0.2) is 4.98 Å². The number of fused-ring (bicyclic) bond motifs is 1. The number of aromatic nitrogens is 1. The van der Waals surface area contributed by atoms with Gasteiger partial charge in [0.15, 0.2) is 0 Å². The molecule has 1 fully saturated rings. The molecule has 4 N–H and O–H groups in total. The number of aliphatic hydroxyl groups is 1. The third-order valence-electron chi connectivity index (χ3n) is 5.90. The van der Waals surface area contributed by atoms with Crippen molar-refractivity contribution in [2.24, 2.45) is 10.7 Å². The van der Waals surface area contributed by atoms with Crippen LogP contribution < -0.4 is 10.5 Å². The van der Waals surface area contributed by atoms with Gasteiger partial charge in [0.2, 0.25) is 0 Å². The molecule has 178 valence electrons. The van der Waals surface area contributed by atoms with Crippen molar-refractivity contribution in [3.8, 4) is 0 Å². The number of carbonyl (C=O) groups excluding carboxylic acids is 1. The second-order valence-corrected chi connectivity index (χ2v) is 10.0. The molecular weight excluding hydrogens is 466 g/mol. The number of anilines is 1. The molecule has 9 heteroatoms. The standard InChI is InChI=1S/C25H29N5O2S2/c1-2-27-16-18(15-26)14-25(32)10-12-30(13-11-25)24(31)19-6-8-20(9-7-19)29-34-22-5-3-4-21-23(22)28-17-33-21/h3-9,15-17,29,32H,2,10-14,26H2,1H3. The molecule has 0 atom stereocenters. The molecule has 34 heavy (non-hydrogen) atoms. The number of nitrogens with zero attached hydrogens (tertiary/aromatic N) is 3. The number of para-hydroxylation sites is 1. The van der Waals surface area contributed by atoms with Gasteiger partial charge < -0.3 is 20.5 Å².